The molecule has 1 aliphatic heterocycles. The van der Waals surface area contributed by atoms with Gasteiger partial charge in [0.25, 0.3) is 5.91 Å². The molecule has 3 N–H and O–H groups in total. The standard InChI is InChI=1S/C18H17F2N3O2/c1-11(13-7-6-12(19)8-14(13)20)21-9-18(25)23-10-17(24)22-15-4-2-3-5-16(15)23/h2-8,11,21H,9-10H2,1H3,(H,22,24)/p+1/t11-/m0/s1. The Morgan fingerprint density at radius 3 is 2.80 bits per heavy atom. The molecule has 2 amide bonds. The Kier molecular flexibility index (Phi) is 4.76. The molecule has 0 spiro atoms. The molecular formula is C18H18F2N3O2+. The summed E-state index contributed by atoms with van der Waals surface area (Å²) in [5.74, 6) is -1.79. The van der Waals surface area contributed by atoms with E-state index in [-0.39, 0.29) is 30.9 Å². The van der Waals surface area contributed by atoms with E-state index < -0.39 is 11.6 Å². The largest absolute Gasteiger partial charge is 0.332 e. The summed E-state index contributed by atoms with van der Waals surface area (Å²) in [5.41, 5.74) is 1.55. The van der Waals surface area contributed by atoms with Crippen LogP contribution >= 0.6 is 0 Å². The van der Waals surface area contributed by atoms with Crippen LogP contribution in [0.4, 0.5) is 20.2 Å². The lowest BCUT2D eigenvalue weighted by Crippen LogP contribution is -2.87. The molecule has 0 saturated carbocycles. The summed E-state index contributed by atoms with van der Waals surface area (Å²) in [6, 6.07) is 10.1. The van der Waals surface area contributed by atoms with Gasteiger partial charge in [0.1, 0.15) is 24.2 Å². The van der Waals surface area contributed by atoms with E-state index in [1.807, 2.05) is 0 Å². The van der Waals surface area contributed by atoms with Crippen LogP contribution in [0.2, 0.25) is 0 Å². The van der Waals surface area contributed by atoms with Gasteiger partial charge in [-0.05, 0) is 31.2 Å². The Morgan fingerprint density at radius 2 is 2.04 bits per heavy atom. The fourth-order valence-electron chi connectivity index (χ4n) is 2.84. The number of hydrogen-bond acceptors (Lipinski definition) is 2. The summed E-state index contributed by atoms with van der Waals surface area (Å²) in [4.78, 5) is 25.7. The van der Waals surface area contributed by atoms with E-state index in [9.17, 15) is 18.4 Å². The summed E-state index contributed by atoms with van der Waals surface area (Å²) < 4.78 is 26.8. The topological polar surface area (TPSA) is 66.0 Å². The number of halogens is 2. The first-order chi connectivity index (χ1) is 12.0. The number of carbonyl (C=O) groups excluding carboxylic acids is 2. The summed E-state index contributed by atoms with van der Waals surface area (Å²) in [5, 5.41) is 4.38. The third kappa shape index (κ3) is 3.66. The van der Waals surface area contributed by atoms with Gasteiger partial charge < -0.3 is 10.6 Å². The minimum absolute atomic E-state index is 0.0413. The van der Waals surface area contributed by atoms with Crippen LogP contribution < -0.4 is 15.5 Å². The SMILES string of the molecule is C[C@H]([NH2+]CC(=O)N1CC(=O)Nc2ccccc21)c1ccc(F)cc1F. The third-order valence-corrected chi connectivity index (χ3v) is 4.17. The van der Waals surface area contributed by atoms with Crippen LogP contribution in [-0.2, 0) is 9.59 Å². The smallest absolute Gasteiger partial charge is 0.282 e. The van der Waals surface area contributed by atoms with Crippen molar-refractivity contribution in [2.45, 2.75) is 13.0 Å². The number of nitrogens with two attached hydrogens (primary N) is 1. The first kappa shape index (κ1) is 17.0. The molecule has 1 atom stereocenters. The van der Waals surface area contributed by atoms with Crippen molar-refractivity contribution in [1.29, 1.82) is 0 Å². The van der Waals surface area contributed by atoms with E-state index in [0.29, 0.717) is 16.9 Å². The number of para-hydroxylation sites is 2. The van der Waals surface area contributed by atoms with Crippen LogP contribution in [-0.4, -0.2) is 24.9 Å². The molecule has 0 fully saturated rings. The first-order valence-electron chi connectivity index (χ1n) is 7.93. The predicted molar refractivity (Wildman–Crippen MR) is 89.0 cm³/mol. The highest BCUT2D eigenvalue weighted by atomic mass is 19.1. The summed E-state index contributed by atoms with van der Waals surface area (Å²) in [6.07, 6.45) is 0. The predicted octanol–water partition coefficient (Wildman–Crippen LogP) is 1.57. The second kappa shape index (κ2) is 6.98. The highest BCUT2D eigenvalue weighted by molar-refractivity contribution is 6.10. The lowest BCUT2D eigenvalue weighted by Gasteiger charge is -2.28. The van der Waals surface area contributed by atoms with Crippen molar-refractivity contribution in [3.63, 3.8) is 0 Å². The molecule has 5 nitrogen and oxygen atoms in total. The Bertz CT molecular complexity index is 826. The number of quaternary nitrogens is 1. The number of rotatable bonds is 4. The van der Waals surface area contributed by atoms with Gasteiger partial charge >= 0.3 is 0 Å². The van der Waals surface area contributed by atoms with Crippen LogP contribution in [0.1, 0.15) is 18.5 Å². The number of nitrogens with one attached hydrogen (secondary N) is 1. The van der Waals surface area contributed by atoms with Gasteiger partial charge in [-0.2, -0.15) is 0 Å². The van der Waals surface area contributed by atoms with Gasteiger partial charge in [0.05, 0.1) is 11.4 Å². The van der Waals surface area contributed by atoms with E-state index in [0.717, 1.165) is 6.07 Å². The molecule has 7 heteroatoms. The maximum Gasteiger partial charge on any atom is 0.282 e. The molecule has 3 rings (SSSR count). The second-order valence-corrected chi connectivity index (χ2v) is 5.94. The van der Waals surface area contributed by atoms with Crippen molar-refractivity contribution in [2.75, 3.05) is 23.3 Å². The minimum Gasteiger partial charge on any atom is -0.332 e. The number of amides is 2. The monoisotopic (exact) mass is 346 g/mol. The van der Waals surface area contributed by atoms with E-state index in [2.05, 4.69) is 5.32 Å². The molecule has 2 aromatic carbocycles. The van der Waals surface area contributed by atoms with E-state index in [1.165, 1.54) is 17.0 Å². The van der Waals surface area contributed by atoms with E-state index in [4.69, 9.17) is 0 Å². The van der Waals surface area contributed by atoms with Crippen molar-refractivity contribution >= 4 is 23.2 Å². The maximum atomic E-state index is 13.8. The highest BCUT2D eigenvalue weighted by Crippen LogP contribution is 2.28. The molecule has 2 aromatic rings. The fraction of sp³-hybridized carbons (Fsp3) is 0.222. The van der Waals surface area contributed by atoms with Gasteiger partial charge in [0.15, 0.2) is 6.54 Å². The van der Waals surface area contributed by atoms with E-state index >= 15 is 0 Å². The molecule has 0 aromatic heterocycles. The summed E-state index contributed by atoms with van der Waals surface area (Å²) >= 11 is 0. The minimum atomic E-state index is -0.640. The molecule has 1 heterocycles. The maximum absolute atomic E-state index is 13.8. The highest BCUT2D eigenvalue weighted by Gasteiger charge is 2.28. The Hall–Kier alpha value is -2.80. The molecule has 130 valence electrons. The normalized spacial score (nSPS) is 14.7. The van der Waals surface area contributed by atoms with Crippen LogP contribution in [0.25, 0.3) is 0 Å². The van der Waals surface area contributed by atoms with Crippen LogP contribution in [0.15, 0.2) is 42.5 Å². The molecule has 0 radical (unpaired) electrons. The van der Waals surface area contributed by atoms with Crippen molar-refractivity contribution in [3.05, 3.63) is 59.7 Å². The zero-order valence-electron chi connectivity index (χ0n) is 13.6. The number of fused-ring (bicyclic) bond motifs is 1. The second-order valence-electron chi connectivity index (χ2n) is 5.94. The van der Waals surface area contributed by atoms with Gasteiger partial charge in [-0.25, -0.2) is 8.78 Å². The van der Waals surface area contributed by atoms with Crippen molar-refractivity contribution < 1.29 is 23.7 Å². The molecular weight excluding hydrogens is 328 g/mol. The van der Waals surface area contributed by atoms with Gasteiger partial charge in [0, 0.05) is 11.6 Å². The summed E-state index contributed by atoms with van der Waals surface area (Å²) in [7, 11) is 0. The first-order valence-corrected chi connectivity index (χ1v) is 7.93. The summed E-state index contributed by atoms with van der Waals surface area (Å²) in [6.45, 7) is 1.73. The molecule has 0 aliphatic carbocycles. The van der Waals surface area contributed by atoms with Crippen molar-refractivity contribution in [3.8, 4) is 0 Å². The molecule has 0 saturated heterocycles. The Labute approximate surface area is 143 Å². The van der Waals surface area contributed by atoms with Gasteiger partial charge in [-0.1, -0.05) is 12.1 Å². The average molecular weight is 346 g/mol. The lowest BCUT2D eigenvalue weighted by molar-refractivity contribution is -0.682. The van der Waals surface area contributed by atoms with Crippen LogP contribution in [0.3, 0.4) is 0 Å². The Morgan fingerprint density at radius 1 is 1.28 bits per heavy atom. The zero-order chi connectivity index (χ0) is 18.0. The van der Waals surface area contributed by atoms with Crippen LogP contribution in [0, 0.1) is 11.6 Å². The van der Waals surface area contributed by atoms with Gasteiger partial charge in [0.2, 0.25) is 5.91 Å². The van der Waals surface area contributed by atoms with Crippen molar-refractivity contribution in [1.82, 2.24) is 0 Å². The zero-order valence-corrected chi connectivity index (χ0v) is 13.6. The Balaban J connectivity index is 1.69. The third-order valence-electron chi connectivity index (χ3n) is 4.17. The van der Waals surface area contributed by atoms with Crippen molar-refractivity contribution in [2.24, 2.45) is 0 Å². The van der Waals surface area contributed by atoms with E-state index in [1.54, 1.807) is 36.5 Å². The molecule has 1 aliphatic rings. The van der Waals surface area contributed by atoms with Gasteiger partial charge in [-0.15, -0.1) is 0 Å². The average Bonchev–Trinajstić information content (AvgIpc) is 2.58. The number of anilines is 2. The van der Waals surface area contributed by atoms with Crippen LogP contribution in [0.5, 0.6) is 0 Å². The van der Waals surface area contributed by atoms with Gasteiger partial charge in [-0.3, -0.25) is 14.5 Å². The number of benzene rings is 2. The molecule has 0 bridgehead atoms. The molecule has 0 unspecified atom stereocenters. The number of carbonyl (C=O) groups is 2. The quantitative estimate of drug-likeness (QED) is 0.883. The number of nitrogens with zero attached hydrogens (tertiary/aromatic N) is 1. The molecule has 25 heavy (non-hydrogen) atoms. The fourth-order valence-corrected chi connectivity index (χ4v) is 2.84. The lowest BCUT2D eigenvalue weighted by atomic mass is 10.1. The number of hydrogen-bond donors (Lipinski definition) is 2.